The van der Waals surface area contributed by atoms with Crippen molar-refractivity contribution in [3.8, 4) is 0 Å². The zero-order valence-corrected chi connectivity index (χ0v) is 13.4. The van der Waals surface area contributed by atoms with Gasteiger partial charge in [-0.3, -0.25) is 4.18 Å². The van der Waals surface area contributed by atoms with Crippen molar-refractivity contribution in [3.05, 3.63) is 12.2 Å². The Kier molecular flexibility index (Phi) is 12.4. The van der Waals surface area contributed by atoms with Gasteiger partial charge in [0.2, 0.25) is 0 Å². The molecule has 4 heteroatoms. The Hall–Kier alpha value is -0.350. The Labute approximate surface area is 119 Å². The third-order valence-corrected chi connectivity index (χ3v) is 3.55. The van der Waals surface area contributed by atoms with E-state index in [0.29, 0.717) is 6.61 Å². The highest BCUT2D eigenvalue weighted by atomic mass is 32.2. The molecule has 0 aromatic rings. The average molecular weight is 290 g/mol. The number of rotatable bonds is 13. The van der Waals surface area contributed by atoms with Gasteiger partial charge in [-0.05, 0) is 25.7 Å². The molecule has 0 unspecified atom stereocenters. The molecule has 0 saturated heterocycles. The monoisotopic (exact) mass is 290 g/mol. The van der Waals surface area contributed by atoms with Crippen molar-refractivity contribution in [2.75, 3.05) is 12.9 Å². The molecule has 0 radical (unpaired) electrons. The molecule has 0 atom stereocenters. The second-order valence-corrected chi connectivity index (χ2v) is 6.69. The molecule has 0 fully saturated rings. The summed E-state index contributed by atoms with van der Waals surface area (Å²) in [6.45, 7) is 2.53. The molecule has 0 aliphatic rings. The number of hydrogen-bond donors (Lipinski definition) is 0. The maximum atomic E-state index is 10.7. The van der Waals surface area contributed by atoms with Gasteiger partial charge in [-0.1, -0.05) is 57.6 Å². The van der Waals surface area contributed by atoms with Crippen molar-refractivity contribution in [1.82, 2.24) is 0 Å². The van der Waals surface area contributed by atoms with Crippen LogP contribution in [0.15, 0.2) is 12.2 Å². The Morgan fingerprint density at radius 1 is 0.842 bits per heavy atom. The summed E-state index contributed by atoms with van der Waals surface area (Å²) in [4.78, 5) is 0. The van der Waals surface area contributed by atoms with Crippen LogP contribution in [0.3, 0.4) is 0 Å². The zero-order valence-electron chi connectivity index (χ0n) is 12.6. The van der Waals surface area contributed by atoms with E-state index in [9.17, 15) is 8.42 Å². The lowest BCUT2D eigenvalue weighted by Gasteiger charge is -1.99. The minimum Gasteiger partial charge on any atom is -0.270 e. The van der Waals surface area contributed by atoms with Crippen LogP contribution < -0.4 is 0 Å². The second kappa shape index (κ2) is 12.7. The minimum atomic E-state index is -3.26. The van der Waals surface area contributed by atoms with Crippen molar-refractivity contribution < 1.29 is 12.6 Å². The molecule has 0 bridgehead atoms. The summed E-state index contributed by atoms with van der Waals surface area (Å²) in [5.74, 6) is 0. The molecular formula is C15H30O3S. The highest BCUT2D eigenvalue weighted by molar-refractivity contribution is 7.85. The number of unbranched alkanes of at least 4 members (excludes halogenated alkanes) is 8. The summed E-state index contributed by atoms with van der Waals surface area (Å²) in [6, 6.07) is 0. The van der Waals surface area contributed by atoms with Crippen molar-refractivity contribution in [3.63, 3.8) is 0 Å². The van der Waals surface area contributed by atoms with Gasteiger partial charge in [-0.2, -0.15) is 8.42 Å². The van der Waals surface area contributed by atoms with Crippen LogP contribution in [0.5, 0.6) is 0 Å². The molecule has 0 aromatic heterocycles. The Morgan fingerprint density at radius 3 is 1.95 bits per heavy atom. The molecule has 3 nitrogen and oxygen atoms in total. The van der Waals surface area contributed by atoms with E-state index < -0.39 is 10.1 Å². The molecule has 0 heterocycles. The zero-order chi connectivity index (χ0) is 14.4. The molecule has 19 heavy (non-hydrogen) atoms. The smallest absolute Gasteiger partial charge is 0.264 e. The SMILES string of the molecule is CCCCCCCCC/C=C/CCCOS(C)(=O)=O. The predicted octanol–water partition coefficient (Wildman–Crippen LogP) is 4.44. The van der Waals surface area contributed by atoms with Crippen LogP contribution >= 0.6 is 0 Å². The van der Waals surface area contributed by atoms with Crippen LogP contribution in [0.1, 0.15) is 71.1 Å². The van der Waals surface area contributed by atoms with Gasteiger partial charge in [0, 0.05) is 0 Å². The quantitative estimate of drug-likeness (QED) is 0.286. The minimum absolute atomic E-state index is 0.292. The van der Waals surface area contributed by atoms with E-state index in [-0.39, 0.29) is 0 Å². The fourth-order valence-electron chi connectivity index (χ4n) is 1.87. The van der Waals surface area contributed by atoms with Gasteiger partial charge in [0.1, 0.15) is 0 Å². The molecule has 0 rings (SSSR count). The molecule has 0 amide bonds. The maximum Gasteiger partial charge on any atom is 0.264 e. The van der Waals surface area contributed by atoms with E-state index in [1.54, 1.807) is 0 Å². The first-order valence-corrected chi connectivity index (χ1v) is 9.37. The van der Waals surface area contributed by atoms with Gasteiger partial charge in [-0.25, -0.2) is 0 Å². The predicted molar refractivity (Wildman–Crippen MR) is 81.8 cm³/mol. The van der Waals surface area contributed by atoms with Gasteiger partial charge in [-0.15, -0.1) is 0 Å². The highest BCUT2D eigenvalue weighted by Crippen LogP contribution is 2.08. The van der Waals surface area contributed by atoms with E-state index >= 15 is 0 Å². The standard InChI is InChI=1S/C15H30O3S/c1-3-4-5-6-7-8-9-10-11-12-13-14-15-18-19(2,16)17/h11-12H,3-10,13-15H2,1-2H3/b12-11+. The van der Waals surface area contributed by atoms with E-state index in [4.69, 9.17) is 0 Å². The normalized spacial score (nSPS) is 12.3. The summed E-state index contributed by atoms with van der Waals surface area (Å²) in [5.41, 5.74) is 0. The molecule has 0 saturated carbocycles. The molecule has 0 aliphatic carbocycles. The first-order valence-electron chi connectivity index (χ1n) is 7.55. The second-order valence-electron chi connectivity index (χ2n) is 5.05. The maximum absolute atomic E-state index is 10.7. The molecule has 0 N–H and O–H groups in total. The number of allylic oxidation sites excluding steroid dienone is 2. The van der Waals surface area contributed by atoms with Crippen LogP contribution in [0, 0.1) is 0 Å². The Morgan fingerprint density at radius 2 is 1.37 bits per heavy atom. The Balaban J connectivity index is 3.17. The third kappa shape index (κ3) is 17.6. The van der Waals surface area contributed by atoms with Crippen molar-refractivity contribution in [2.24, 2.45) is 0 Å². The molecule has 114 valence electrons. The first kappa shape index (κ1) is 18.7. The molecular weight excluding hydrogens is 260 g/mol. The summed E-state index contributed by atoms with van der Waals surface area (Å²) in [7, 11) is -3.26. The lowest BCUT2D eigenvalue weighted by atomic mass is 10.1. The lowest BCUT2D eigenvalue weighted by Crippen LogP contribution is -2.03. The molecule has 0 aliphatic heterocycles. The van der Waals surface area contributed by atoms with Crippen molar-refractivity contribution in [1.29, 1.82) is 0 Å². The van der Waals surface area contributed by atoms with Gasteiger partial charge in [0.25, 0.3) is 10.1 Å². The largest absolute Gasteiger partial charge is 0.270 e. The van der Waals surface area contributed by atoms with Crippen LogP contribution in [0.2, 0.25) is 0 Å². The highest BCUT2D eigenvalue weighted by Gasteiger charge is 1.98. The van der Waals surface area contributed by atoms with Crippen molar-refractivity contribution >= 4 is 10.1 Å². The van der Waals surface area contributed by atoms with Gasteiger partial charge in [0.15, 0.2) is 0 Å². The summed E-state index contributed by atoms with van der Waals surface area (Å²) in [5, 5.41) is 0. The fraction of sp³-hybridized carbons (Fsp3) is 0.867. The fourth-order valence-corrected chi connectivity index (χ4v) is 2.29. The van der Waals surface area contributed by atoms with E-state index in [1.165, 1.54) is 44.9 Å². The van der Waals surface area contributed by atoms with Gasteiger partial charge >= 0.3 is 0 Å². The van der Waals surface area contributed by atoms with Crippen LogP contribution in [-0.4, -0.2) is 21.3 Å². The Bertz CT molecular complexity index is 307. The molecule has 0 aromatic carbocycles. The van der Waals surface area contributed by atoms with Crippen LogP contribution in [0.4, 0.5) is 0 Å². The van der Waals surface area contributed by atoms with Crippen molar-refractivity contribution in [2.45, 2.75) is 71.1 Å². The lowest BCUT2D eigenvalue weighted by molar-refractivity contribution is 0.317. The van der Waals surface area contributed by atoms with Crippen LogP contribution in [-0.2, 0) is 14.3 Å². The summed E-state index contributed by atoms with van der Waals surface area (Å²) >= 11 is 0. The first-order chi connectivity index (χ1) is 9.06. The van der Waals surface area contributed by atoms with E-state index in [1.807, 2.05) is 0 Å². The third-order valence-electron chi connectivity index (χ3n) is 2.95. The van der Waals surface area contributed by atoms with E-state index in [0.717, 1.165) is 25.5 Å². The van der Waals surface area contributed by atoms with Gasteiger partial charge < -0.3 is 0 Å². The van der Waals surface area contributed by atoms with Gasteiger partial charge in [0.05, 0.1) is 12.9 Å². The average Bonchev–Trinajstić information content (AvgIpc) is 2.34. The van der Waals surface area contributed by atoms with E-state index in [2.05, 4.69) is 23.3 Å². The number of hydrogen-bond acceptors (Lipinski definition) is 3. The topological polar surface area (TPSA) is 43.4 Å². The van der Waals surface area contributed by atoms with Crippen LogP contribution in [0.25, 0.3) is 0 Å². The summed E-state index contributed by atoms with van der Waals surface area (Å²) < 4.78 is 26.0. The summed E-state index contributed by atoms with van der Waals surface area (Å²) in [6.07, 6.45) is 17.6. The molecule has 0 spiro atoms.